The number of nitrogens with zero attached hydrogens (tertiary/aromatic N) is 3. The van der Waals surface area contributed by atoms with E-state index < -0.39 is 30.3 Å². The Hall–Kier alpha value is -3.67. The van der Waals surface area contributed by atoms with Gasteiger partial charge in [-0.25, -0.2) is 4.98 Å². The fraction of sp³-hybridized carbons (Fsp3) is 0.393. The summed E-state index contributed by atoms with van der Waals surface area (Å²) >= 11 is 0. The van der Waals surface area contributed by atoms with Crippen molar-refractivity contribution >= 4 is 36.6 Å². The van der Waals surface area contributed by atoms with Crippen LogP contribution in [-0.4, -0.2) is 50.8 Å². The van der Waals surface area contributed by atoms with Gasteiger partial charge in [-0.3, -0.25) is 9.36 Å². The number of alkyl halides is 3. The molecule has 4 N–H and O–H groups in total. The molecule has 2 heterocycles. The van der Waals surface area contributed by atoms with Gasteiger partial charge in [-0.2, -0.15) is 18.2 Å². The Morgan fingerprint density at radius 3 is 2.31 bits per heavy atom. The van der Waals surface area contributed by atoms with Crippen molar-refractivity contribution in [3.8, 4) is 5.75 Å². The number of likely N-dealkylation sites (tertiary alicyclic amines) is 1. The first-order chi connectivity index (χ1) is 19.8. The predicted molar refractivity (Wildman–Crippen MR) is 152 cm³/mol. The zero-order chi connectivity index (χ0) is 30.7. The average molecular weight is 608 g/mol. The lowest BCUT2D eigenvalue weighted by molar-refractivity contribution is -0.137. The number of carbonyl (C=O) groups excluding carboxylic acids is 1. The predicted octanol–water partition coefficient (Wildman–Crippen LogP) is 6.42. The minimum Gasteiger partial charge on any atom is -0.495 e. The molecule has 1 saturated heterocycles. The number of hydrogen-bond donors (Lipinski definition) is 4. The lowest BCUT2D eigenvalue weighted by Crippen LogP contribution is -2.28. The summed E-state index contributed by atoms with van der Waals surface area (Å²) in [6.45, 7) is 4.52. The highest BCUT2D eigenvalue weighted by Gasteiger charge is 2.45. The Morgan fingerprint density at radius 1 is 1.05 bits per heavy atom. The molecule has 1 aliphatic rings. The van der Waals surface area contributed by atoms with Crippen LogP contribution in [-0.2, 0) is 15.9 Å². The average Bonchev–Trinajstić information content (AvgIpc) is 3.48. The van der Waals surface area contributed by atoms with E-state index >= 15 is 0 Å². The van der Waals surface area contributed by atoms with Crippen LogP contribution < -0.4 is 15.4 Å². The van der Waals surface area contributed by atoms with Crippen molar-refractivity contribution in [3.63, 3.8) is 0 Å². The van der Waals surface area contributed by atoms with Gasteiger partial charge in [-0.05, 0) is 55.5 Å². The molecule has 3 aromatic rings. The van der Waals surface area contributed by atoms with Crippen molar-refractivity contribution in [1.82, 2.24) is 14.9 Å². The van der Waals surface area contributed by atoms with Gasteiger partial charge in [0, 0.05) is 19.3 Å². The first-order valence-electron chi connectivity index (χ1n) is 13.5. The third-order valence-corrected chi connectivity index (χ3v) is 9.62. The second-order valence-corrected chi connectivity index (χ2v) is 11.9. The molecule has 0 unspecified atom stereocenters. The molecule has 10 nitrogen and oxygen atoms in total. The molecule has 0 atom stereocenters. The summed E-state index contributed by atoms with van der Waals surface area (Å²) in [6.07, 6.45) is -2.09. The Bertz CT molecular complexity index is 1490. The minimum atomic E-state index is -4.79. The number of anilines is 4. The lowest BCUT2D eigenvalue weighted by atomic mass is 9.92. The molecule has 14 heteroatoms. The second kappa shape index (κ2) is 12.3. The number of para-hydroxylation sites is 1. The summed E-state index contributed by atoms with van der Waals surface area (Å²) < 4.78 is 59.7. The van der Waals surface area contributed by atoms with E-state index in [2.05, 4.69) is 20.6 Å². The summed E-state index contributed by atoms with van der Waals surface area (Å²) in [7, 11) is -3.21. The third kappa shape index (κ3) is 6.23. The maximum Gasteiger partial charge on any atom is 0.421 e. The highest BCUT2D eigenvalue weighted by molar-refractivity contribution is 7.53. The van der Waals surface area contributed by atoms with Crippen LogP contribution in [0.3, 0.4) is 0 Å². The minimum absolute atomic E-state index is 0.166. The third-order valence-electron chi connectivity index (χ3n) is 7.61. The van der Waals surface area contributed by atoms with E-state index in [4.69, 9.17) is 4.74 Å². The highest BCUT2D eigenvalue weighted by atomic mass is 31.2. The zero-order valence-corrected chi connectivity index (χ0v) is 24.3. The van der Waals surface area contributed by atoms with Gasteiger partial charge in [0.05, 0.1) is 29.2 Å². The maximum atomic E-state index is 14.0. The zero-order valence-electron chi connectivity index (χ0n) is 23.4. The molecule has 1 fully saturated rings. The largest absolute Gasteiger partial charge is 0.495 e. The SMILES string of the molecule is CCC(CC)(c1ccc(Nc2ncc(C(F)(F)F)c(Nc3ccccc3C(=O)N3CCCC3)n2)c(OC)c1)P(=O)(O)O. The Kier molecular flexibility index (Phi) is 9.15. The summed E-state index contributed by atoms with van der Waals surface area (Å²) in [5.74, 6) is -0.861. The van der Waals surface area contributed by atoms with Gasteiger partial charge >= 0.3 is 13.8 Å². The molecule has 1 amide bonds. The molecule has 4 rings (SSSR count). The molecule has 0 radical (unpaired) electrons. The molecule has 1 aliphatic heterocycles. The number of hydrogen-bond acceptors (Lipinski definition) is 7. The number of carbonyl (C=O) groups is 1. The fourth-order valence-corrected chi connectivity index (χ4v) is 6.48. The number of methoxy groups -OCH3 is 1. The summed E-state index contributed by atoms with van der Waals surface area (Å²) in [6, 6.07) is 10.8. The van der Waals surface area contributed by atoms with Crippen LogP contribution in [0, 0.1) is 0 Å². The standard InChI is InChI=1S/C28H33F3N5O5P/c1-4-27(5-2,42(38,39)40)18-12-13-22(23(16-18)41-3)34-26-32-17-20(28(29,30)31)24(35-26)33-21-11-7-6-10-19(21)25(37)36-14-8-9-15-36/h6-7,10-13,16-17H,4-5,8-9,14-15H2,1-3H3,(H2,38,39,40)(H2,32,33,34,35). The number of benzene rings is 2. The number of aromatic nitrogens is 2. The Balaban J connectivity index is 1.71. The summed E-state index contributed by atoms with van der Waals surface area (Å²) in [5.41, 5.74) is -0.115. The Labute approximate surface area is 241 Å². The van der Waals surface area contributed by atoms with E-state index in [1.165, 1.54) is 31.4 Å². The van der Waals surface area contributed by atoms with Crippen molar-refractivity contribution in [2.75, 3.05) is 30.8 Å². The van der Waals surface area contributed by atoms with Gasteiger partial charge in [-0.15, -0.1) is 0 Å². The molecule has 0 spiro atoms. The van der Waals surface area contributed by atoms with Gasteiger partial charge in [-0.1, -0.05) is 32.0 Å². The van der Waals surface area contributed by atoms with E-state index in [0.717, 1.165) is 12.8 Å². The van der Waals surface area contributed by atoms with E-state index in [-0.39, 0.29) is 47.4 Å². The summed E-state index contributed by atoms with van der Waals surface area (Å²) in [4.78, 5) is 42.9. The molecule has 226 valence electrons. The molecule has 0 saturated carbocycles. The van der Waals surface area contributed by atoms with Crippen LogP contribution >= 0.6 is 7.60 Å². The maximum absolute atomic E-state index is 14.0. The molecule has 0 aliphatic carbocycles. The monoisotopic (exact) mass is 607 g/mol. The van der Waals surface area contributed by atoms with Crippen molar-refractivity contribution in [3.05, 3.63) is 65.4 Å². The van der Waals surface area contributed by atoms with Gasteiger partial charge in [0.25, 0.3) is 5.91 Å². The molecular weight excluding hydrogens is 574 g/mol. The van der Waals surface area contributed by atoms with Gasteiger partial charge < -0.3 is 30.1 Å². The van der Waals surface area contributed by atoms with Crippen LogP contribution in [0.15, 0.2) is 48.7 Å². The molecule has 2 aromatic carbocycles. The van der Waals surface area contributed by atoms with Crippen LogP contribution in [0.1, 0.15) is 61.0 Å². The molecule has 42 heavy (non-hydrogen) atoms. The molecule has 0 bridgehead atoms. The van der Waals surface area contributed by atoms with Crippen molar-refractivity contribution in [2.24, 2.45) is 0 Å². The quantitative estimate of drug-likeness (QED) is 0.193. The number of amides is 1. The fourth-order valence-electron chi connectivity index (χ4n) is 5.18. The Morgan fingerprint density at radius 2 is 1.71 bits per heavy atom. The summed E-state index contributed by atoms with van der Waals surface area (Å²) in [5, 5.41) is 4.10. The highest BCUT2D eigenvalue weighted by Crippen LogP contribution is 2.61. The smallest absolute Gasteiger partial charge is 0.421 e. The van der Waals surface area contributed by atoms with Crippen molar-refractivity contribution in [1.29, 1.82) is 0 Å². The number of rotatable bonds is 10. The van der Waals surface area contributed by atoms with Gasteiger partial charge in [0.15, 0.2) is 0 Å². The van der Waals surface area contributed by atoms with Crippen LogP contribution in [0.2, 0.25) is 0 Å². The van der Waals surface area contributed by atoms with Gasteiger partial charge in [0.2, 0.25) is 5.95 Å². The van der Waals surface area contributed by atoms with E-state index in [1.54, 1.807) is 36.9 Å². The first kappa shape index (κ1) is 31.3. The molecular formula is C28H33F3N5O5P. The van der Waals surface area contributed by atoms with Gasteiger partial charge in [0.1, 0.15) is 17.1 Å². The van der Waals surface area contributed by atoms with Crippen LogP contribution in [0.4, 0.5) is 36.3 Å². The number of ether oxygens (including phenoxy) is 1. The van der Waals surface area contributed by atoms with Crippen molar-refractivity contribution < 1.29 is 37.1 Å². The van der Waals surface area contributed by atoms with E-state index in [1.807, 2.05) is 0 Å². The normalized spacial score (nSPS) is 14.1. The second-order valence-electron chi connectivity index (χ2n) is 9.95. The van der Waals surface area contributed by atoms with E-state index in [9.17, 15) is 32.3 Å². The number of nitrogens with one attached hydrogen (secondary N) is 2. The number of halogens is 3. The van der Waals surface area contributed by atoms with E-state index in [0.29, 0.717) is 24.8 Å². The first-order valence-corrected chi connectivity index (χ1v) is 15.1. The topological polar surface area (TPSA) is 137 Å². The van der Waals surface area contributed by atoms with Crippen LogP contribution in [0.25, 0.3) is 0 Å². The lowest BCUT2D eigenvalue weighted by Gasteiger charge is -2.33. The molecule has 1 aromatic heterocycles. The van der Waals surface area contributed by atoms with Crippen LogP contribution in [0.5, 0.6) is 5.75 Å². The van der Waals surface area contributed by atoms with Crippen molar-refractivity contribution in [2.45, 2.75) is 50.9 Å².